The van der Waals surface area contributed by atoms with Gasteiger partial charge in [0, 0.05) is 18.4 Å². The minimum atomic E-state index is 0.152. The Labute approximate surface area is 70.9 Å². The summed E-state index contributed by atoms with van der Waals surface area (Å²) in [5.41, 5.74) is 11.4. The van der Waals surface area contributed by atoms with E-state index in [4.69, 9.17) is 11.5 Å². The van der Waals surface area contributed by atoms with Crippen molar-refractivity contribution in [3.63, 3.8) is 0 Å². The Morgan fingerprint density at radius 1 is 1.58 bits per heavy atom. The van der Waals surface area contributed by atoms with Gasteiger partial charge in [0.15, 0.2) is 5.96 Å². The number of aromatic amines is 1. The molecule has 0 amide bonds. The van der Waals surface area contributed by atoms with E-state index in [9.17, 15) is 0 Å². The normalized spacial score (nSPS) is 9.67. The zero-order valence-corrected chi connectivity index (χ0v) is 6.83. The molecule has 5 heteroatoms. The highest BCUT2D eigenvalue weighted by Gasteiger charge is 1.92. The van der Waals surface area contributed by atoms with Crippen molar-refractivity contribution in [2.75, 3.05) is 6.54 Å². The number of aliphatic imine (C=N–C) groups is 1. The van der Waals surface area contributed by atoms with Crippen LogP contribution in [0.1, 0.15) is 12.1 Å². The molecular weight excluding hydrogens is 154 g/mol. The van der Waals surface area contributed by atoms with Gasteiger partial charge < -0.3 is 16.5 Å². The van der Waals surface area contributed by atoms with E-state index in [1.807, 2.05) is 0 Å². The number of hydrogen-bond donors (Lipinski definition) is 3. The minimum Gasteiger partial charge on any atom is -0.370 e. The van der Waals surface area contributed by atoms with Crippen molar-refractivity contribution in [3.8, 4) is 0 Å². The fraction of sp³-hybridized carbons (Fsp3) is 0.429. The van der Waals surface area contributed by atoms with E-state index in [2.05, 4.69) is 15.0 Å². The Morgan fingerprint density at radius 3 is 3.00 bits per heavy atom. The largest absolute Gasteiger partial charge is 0.370 e. The van der Waals surface area contributed by atoms with Crippen molar-refractivity contribution in [3.05, 3.63) is 18.2 Å². The van der Waals surface area contributed by atoms with E-state index in [1.165, 1.54) is 0 Å². The molecule has 0 fully saturated rings. The van der Waals surface area contributed by atoms with Gasteiger partial charge >= 0.3 is 0 Å². The molecule has 0 unspecified atom stereocenters. The number of aryl methyl sites for hydroxylation is 1. The van der Waals surface area contributed by atoms with Gasteiger partial charge in [-0.25, -0.2) is 4.98 Å². The van der Waals surface area contributed by atoms with Gasteiger partial charge in [-0.15, -0.1) is 0 Å². The maximum atomic E-state index is 5.16. The van der Waals surface area contributed by atoms with Crippen molar-refractivity contribution in [1.82, 2.24) is 9.97 Å². The van der Waals surface area contributed by atoms with Gasteiger partial charge in [0.1, 0.15) is 0 Å². The molecule has 1 heterocycles. The van der Waals surface area contributed by atoms with Crippen LogP contribution in [0.25, 0.3) is 0 Å². The van der Waals surface area contributed by atoms with Crippen molar-refractivity contribution in [1.29, 1.82) is 0 Å². The second-order valence-corrected chi connectivity index (χ2v) is 2.49. The predicted molar refractivity (Wildman–Crippen MR) is 47.6 cm³/mol. The number of hydrogen-bond acceptors (Lipinski definition) is 2. The zero-order chi connectivity index (χ0) is 8.81. The van der Waals surface area contributed by atoms with Crippen LogP contribution < -0.4 is 11.5 Å². The van der Waals surface area contributed by atoms with Crippen LogP contribution in [-0.4, -0.2) is 22.5 Å². The van der Waals surface area contributed by atoms with E-state index in [0.29, 0.717) is 6.54 Å². The Balaban J connectivity index is 2.16. The van der Waals surface area contributed by atoms with Gasteiger partial charge in [-0.3, -0.25) is 4.99 Å². The summed E-state index contributed by atoms with van der Waals surface area (Å²) in [4.78, 5) is 10.8. The maximum Gasteiger partial charge on any atom is 0.185 e. The quantitative estimate of drug-likeness (QED) is 0.324. The third-order valence-electron chi connectivity index (χ3n) is 1.45. The first kappa shape index (κ1) is 8.58. The SMILES string of the molecule is NC(N)=NCCCc1cnc[nH]1. The van der Waals surface area contributed by atoms with Gasteiger partial charge in [-0.2, -0.15) is 0 Å². The molecule has 12 heavy (non-hydrogen) atoms. The monoisotopic (exact) mass is 167 g/mol. The number of aromatic nitrogens is 2. The lowest BCUT2D eigenvalue weighted by molar-refractivity contribution is 0.814. The molecule has 0 radical (unpaired) electrons. The number of rotatable bonds is 4. The molecule has 5 N–H and O–H groups in total. The van der Waals surface area contributed by atoms with Crippen molar-refractivity contribution in [2.45, 2.75) is 12.8 Å². The van der Waals surface area contributed by atoms with Gasteiger partial charge in [-0.05, 0) is 12.8 Å². The number of guanidine groups is 1. The maximum absolute atomic E-state index is 5.16. The molecule has 0 aliphatic carbocycles. The second kappa shape index (κ2) is 4.38. The Hall–Kier alpha value is -1.52. The molecule has 0 saturated heterocycles. The van der Waals surface area contributed by atoms with E-state index < -0.39 is 0 Å². The first-order chi connectivity index (χ1) is 5.79. The van der Waals surface area contributed by atoms with Gasteiger partial charge in [0.2, 0.25) is 0 Å². The van der Waals surface area contributed by atoms with Crippen LogP contribution >= 0.6 is 0 Å². The predicted octanol–water partition coefficient (Wildman–Crippen LogP) is -0.384. The highest BCUT2D eigenvalue weighted by Crippen LogP contribution is 1.96. The van der Waals surface area contributed by atoms with Crippen molar-refractivity contribution in [2.24, 2.45) is 16.5 Å². The summed E-state index contributed by atoms with van der Waals surface area (Å²) >= 11 is 0. The molecule has 1 aromatic heterocycles. The van der Waals surface area contributed by atoms with E-state index in [0.717, 1.165) is 18.5 Å². The summed E-state index contributed by atoms with van der Waals surface area (Å²) in [6.07, 6.45) is 5.32. The summed E-state index contributed by atoms with van der Waals surface area (Å²) in [5.74, 6) is 0.152. The molecule has 5 nitrogen and oxygen atoms in total. The molecule has 66 valence electrons. The smallest absolute Gasteiger partial charge is 0.185 e. The van der Waals surface area contributed by atoms with E-state index in [-0.39, 0.29) is 5.96 Å². The highest BCUT2D eigenvalue weighted by molar-refractivity contribution is 5.75. The summed E-state index contributed by atoms with van der Waals surface area (Å²) < 4.78 is 0. The van der Waals surface area contributed by atoms with Crippen LogP contribution in [0.5, 0.6) is 0 Å². The van der Waals surface area contributed by atoms with E-state index >= 15 is 0 Å². The summed E-state index contributed by atoms with van der Waals surface area (Å²) in [5, 5.41) is 0. The summed E-state index contributed by atoms with van der Waals surface area (Å²) in [7, 11) is 0. The van der Waals surface area contributed by atoms with Gasteiger partial charge in [-0.1, -0.05) is 0 Å². The van der Waals surface area contributed by atoms with Crippen molar-refractivity contribution < 1.29 is 0 Å². The summed E-state index contributed by atoms with van der Waals surface area (Å²) in [6.45, 7) is 0.668. The average Bonchev–Trinajstić information content (AvgIpc) is 2.49. The van der Waals surface area contributed by atoms with Crippen LogP contribution in [0.3, 0.4) is 0 Å². The molecule has 0 aliphatic heterocycles. The Morgan fingerprint density at radius 2 is 2.42 bits per heavy atom. The topological polar surface area (TPSA) is 93.1 Å². The highest BCUT2D eigenvalue weighted by atomic mass is 15.0. The van der Waals surface area contributed by atoms with Crippen LogP contribution in [0, 0.1) is 0 Å². The third kappa shape index (κ3) is 3.05. The van der Waals surface area contributed by atoms with Gasteiger partial charge in [0.05, 0.1) is 6.33 Å². The standard InChI is InChI=1S/C7H13N5/c8-7(9)11-3-1-2-6-4-10-5-12-6/h4-5H,1-3H2,(H,10,12)(H4,8,9,11). The molecule has 1 aromatic rings. The van der Waals surface area contributed by atoms with E-state index in [1.54, 1.807) is 12.5 Å². The Bertz CT molecular complexity index is 234. The molecule has 0 aliphatic rings. The molecule has 0 atom stereocenters. The molecule has 0 saturated carbocycles. The lowest BCUT2D eigenvalue weighted by Gasteiger charge is -1.94. The van der Waals surface area contributed by atoms with Crippen LogP contribution in [0.2, 0.25) is 0 Å². The lowest BCUT2D eigenvalue weighted by atomic mass is 10.2. The lowest BCUT2D eigenvalue weighted by Crippen LogP contribution is -2.23. The molecule has 0 spiro atoms. The molecule has 0 aromatic carbocycles. The zero-order valence-electron chi connectivity index (χ0n) is 6.83. The number of imidazole rings is 1. The minimum absolute atomic E-state index is 0.152. The van der Waals surface area contributed by atoms with Crippen molar-refractivity contribution >= 4 is 5.96 Å². The summed E-state index contributed by atoms with van der Waals surface area (Å²) in [6, 6.07) is 0. The average molecular weight is 167 g/mol. The molecular formula is C7H13N5. The fourth-order valence-electron chi connectivity index (χ4n) is 0.899. The Kier molecular flexibility index (Phi) is 3.13. The third-order valence-corrected chi connectivity index (χ3v) is 1.45. The van der Waals surface area contributed by atoms with Crippen LogP contribution in [0.15, 0.2) is 17.5 Å². The second-order valence-electron chi connectivity index (χ2n) is 2.49. The molecule has 0 bridgehead atoms. The first-order valence-corrected chi connectivity index (χ1v) is 3.81. The number of H-pyrrole nitrogens is 1. The van der Waals surface area contributed by atoms with Crippen LogP contribution in [-0.2, 0) is 6.42 Å². The van der Waals surface area contributed by atoms with Crippen LogP contribution in [0.4, 0.5) is 0 Å². The number of nitrogens with one attached hydrogen (secondary N) is 1. The first-order valence-electron chi connectivity index (χ1n) is 3.81. The fourth-order valence-corrected chi connectivity index (χ4v) is 0.899. The van der Waals surface area contributed by atoms with Gasteiger partial charge in [0.25, 0.3) is 0 Å². The number of nitrogens with two attached hydrogens (primary N) is 2. The number of nitrogens with zero attached hydrogens (tertiary/aromatic N) is 2. The molecule has 1 rings (SSSR count).